The lowest BCUT2D eigenvalue weighted by molar-refractivity contribution is 0.601. The lowest BCUT2D eigenvalue weighted by Crippen LogP contribution is -2.20. The fourth-order valence-electron chi connectivity index (χ4n) is 0.853. The summed E-state index contributed by atoms with van der Waals surface area (Å²) >= 11 is 0. The topological polar surface area (TPSA) is 12.0 Å². The van der Waals surface area contributed by atoms with Gasteiger partial charge in [-0.2, -0.15) is 0 Å². The number of hydrogen-bond donors (Lipinski definition) is 1. The highest BCUT2D eigenvalue weighted by Gasteiger charge is 2.04. The van der Waals surface area contributed by atoms with Crippen molar-refractivity contribution in [2.75, 3.05) is 7.05 Å². The van der Waals surface area contributed by atoms with Crippen molar-refractivity contribution in [2.45, 2.75) is 18.9 Å². The summed E-state index contributed by atoms with van der Waals surface area (Å²) in [5.74, 6) is 0. The Hall–Kier alpha value is -0.300. The van der Waals surface area contributed by atoms with Gasteiger partial charge in [0.05, 0.1) is 0 Å². The quantitative estimate of drug-likeness (QED) is 0.480. The van der Waals surface area contributed by atoms with E-state index in [2.05, 4.69) is 17.5 Å². The van der Waals surface area contributed by atoms with Crippen molar-refractivity contribution in [2.24, 2.45) is 0 Å². The van der Waals surface area contributed by atoms with Gasteiger partial charge in [-0.25, -0.2) is 0 Å². The molecule has 1 heteroatoms. The molecule has 1 aliphatic rings. The second-order valence-corrected chi connectivity index (χ2v) is 1.93. The van der Waals surface area contributed by atoms with Gasteiger partial charge in [0.1, 0.15) is 0 Å². The second kappa shape index (κ2) is 2.12. The molecule has 1 aliphatic carbocycles. The van der Waals surface area contributed by atoms with Crippen LogP contribution in [0.25, 0.3) is 0 Å². The number of rotatable bonds is 1. The van der Waals surface area contributed by atoms with E-state index >= 15 is 0 Å². The Balaban J connectivity index is 2.22. The number of hydrogen-bond acceptors (Lipinski definition) is 1. The second-order valence-electron chi connectivity index (χ2n) is 1.93. The van der Waals surface area contributed by atoms with Crippen molar-refractivity contribution in [3.8, 4) is 0 Å². The molecule has 0 saturated carbocycles. The lowest BCUT2D eigenvalue weighted by atomic mass is 10.2. The summed E-state index contributed by atoms with van der Waals surface area (Å²) in [6, 6.07) is 0.736. The molecular weight excluding hydrogens is 86.1 g/mol. The van der Waals surface area contributed by atoms with Crippen molar-refractivity contribution in [1.82, 2.24) is 5.32 Å². The van der Waals surface area contributed by atoms with E-state index in [1.165, 1.54) is 12.8 Å². The molecule has 0 atom stereocenters. The van der Waals surface area contributed by atoms with Gasteiger partial charge in [0.15, 0.2) is 0 Å². The van der Waals surface area contributed by atoms with Crippen LogP contribution in [0.5, 0.6) is 0 Å². The standard InChI is InChI=1S/C6H11N/c1-7-6-4-2-3-5-6/h2-3,6-7H,4-5H2,1H3. The Morgan fingerprint density at radius 2 is 2.00 bits per heavy atom. The van der Waals surface area contributed by atoms with Crippen LogP contribution in [0, 0.1) is 0 Å². The van der Waals surface area contributed by atoms with E-state index < -0.39 is 0 Å². The molecule has 0 amide bonds. The van der Waals surface area contributed by atoms with Crippen molar-refractivity contribution < 1.29 is 0 Å². The zero-order chi connectivity index (χ0) is 5.11. The van der Waals surface area contributed by atoms with Gasteiger partial charge in [-0.3, -0.25) is 0 Å². The van der Waals surface area contributed by atoms with Gasteiger partial charge < -0.3 is 5.32 Å². The van der Waals surface area contributed by atoms with Crippen LogP contribution in [0.1, 0.15) is 12.8 Å². The van der Waals surface area contributed by atoms with Gasteiger partial charge in [-0.15, -0.1) is 0 Å². The Morgan fingerprint density at radius 3 is 2.29 bits per heavy atom. The van der Waals surface area contributed by atoms with Crippen LogP contribution in [-0.4, -0.2) is 13.1 Å². The van der Waals surface area contributed by atoms with E-state index in [1.807, 2.05) is 7.05 Å². The zero-order valence-electron chi connectivity index (χ0n) is 4.65. The van der Waals surface area contributed by atoms with Crippen LogP contribution in [0.15, 0.2) is 12.2 Å². The average molecular weight is 97.2 g/mol. The van der Waals surface area contributed by atoms with Gasteiger partial charge in [-0.1, -0.05) is 12.2 Å². The van der Waals surface area contributed by atoms with E-state index in [0.717, 1.165) is 6.04 Å². The monoisotopic (exact) mass is 97.1 g/mol. The van der Waals surface area contributed by atoms with Crippen LogP contribution in [-0.2, 0) is 0 Å². The molecule has 7 heavy (non-hydrogen) atoms. The predicted molar refractivity (Wildman–Crippen MR) is 31.2 cm³/mol. The van der Waals surface area contributed by atoms with Crippen molar-refractivity contribution in [1.29, 1.82) is 0 Å². The summed E-state index contributed by atoms with van der Waals surface area (Å²) < 4.78 is 0. The Kier molecular flexibility index (Phi) is 1.47. The maximum atomic E-state index is 3.20. The van der Waals surface area contributed by atoms with E-state index in [0.29, 0.717) is 0 Å². The largest absolute Gasteiger partial charge is 0.316 e. The highest BCUT2D eigenvalue weighted by molar-refractivity contribution is 4.96. The fourth-order valence-corrected chi connectivity index (χ4v) is 0.853. The summed E-state index contributed by atoms with van der Waals surface area (Å²) in [5, 5.41) is 3.20. The summed E-state index contributed by atoms with van der Waals surface area (Å²) in [6.07, 6.45) is 6.88. The summed E-state index contributed by atoms with van der Waals surface area (Å²) in [6.45, 7) is 0. The van der Waals surface area contributed by atoms with Crippen LogP contribution in [0.4, 0.5) is 0 Å². The van der Waals surface area contributed by atoms with Crippen LogP contribution in [0.3, 0.4) is 0 Å². The molecule has 0 unspecified atom stereocenters. The van der Waals surface area contributed by atoms with Crippen LogP contribution >= 0.6 is 0 Å². The zero-order valence-corrected chi connectivity index (χ0v) is 4.65. The SMILES string of the molecule is CNC1CC=CC1. The molecule has 0 aromatic rings. The highest BCUT2D eigenvalue weighted by atomic mass is 14.9. The molecule has 1 nitrogen and oxygen atoms in total. The smallest absolute Gasteiger partial charge is 0.0133 e. The molecule has 0 bridgehead atoms. The minimum absolute atomic E-state index is 0.736. The first-order valence-corrected chi connectivity index (χ1v) is 2.76. The van der Waals surface area contributed by atoms with E-state index in [1.54, 1.807) is 0 Å². The fraction of sp³-hybridized carbons (Fsp3) is 0.667. The molecular formula is C6H11N. The van der Waals surface area contributed by atoms with Crippen LogP contribution < -0.4 is 5.32 Å². The molecule has 40 valence electrons. The molecule has 0 fully saturated rings. The van der Waals surface area contributed by atoms with Crippen molar-refractivity contribution >= 4 is 0 Å². The van der Waals surface area contributed by atoms with Gasteiger partial charge in [0, 0.05) is 6.04 Å². The molecule has 0 heterocycles. The maximum absolute atomic E-state index is 3.20. The van der Waals surface area contributed by atoms with Crippen molar-refractivity contribution in [3.05, 3.63) is 12.2 Å². The molecule has 0 aromatic heterocycles. The third-order valence-corrected chi connectivity index (χ3v) is 1.42. The Labute approximate surface area is 44.4 Å². The Morgan fingerprint density at radius 1 is 1.43 bits per heavy atom. The van der Waals surface area contributed by atoms with Gasteiger partial charge in [0.2, 0.25) is 0 Å². The van der Waals surface area contributed by atoms with Gasteiger partial charge in [-0.05, 0) is 19.9 Å². The lowest BCUT2D eigenvalue weighted by Gasteiger charge is -2.03. The molecule has 0 aliphatic heterocycles. The summed E-state index contributed by atoms with van der Waals surface area (Å²) in [4.78, 5) is 0. The molecule has 0 radical (unpaired) electrons. The molecule has 0 saturated heterocycles. The number of nitrogens with one attached hydrogen (secondary N) is 1. The van der Waals surface area contributed by atoms with Crippen LogP contribution in [0.2, 0.25) is 0 Å². The first kappa shape index (κ1) is 4.85. The van der Waals surface area contributed by atoms with E-state index in [4.69, 9.17) is 0 Å². The van der Waals surface area contributed by atoms with E-state index in [9.17, 15) is 0 Å². The minimum Gasteiger partial charge on any atom is -0.316 e. The third kappa shape index (κ3) is 1.03. The maximum Gasteiger partial charge on any atom is 0.0133 e. The van der Waals surface area contributed by atoms with Gasteiger partial charge in [0.25, 0.3) is 0 Å². The van der Waals surface area contributed by atoms with Crippen molar-refractivity contribution in [3.63, 3.8) is 0 Å². The predicted octanol–water partition coefficient (Wildman–Crippen LogP) is 0.924. The molecule has 0 aromatic carbocycles. The van der Waals surface area contributed by atoms with Gasteiger partial charge >= 0.3 is 0 Å². The average Bonchev–Trinajstić information content (AvgIpc) is 2.14. The third-order valence-electron chi connectivity index (χ3n) is 1.42. The molecule has 1 N–H and O–H groups in total. The first-order chi connectivity index (χ1) is 3.43. The normalized spacial score (nSPS) is 21.3. The Bertz CT molecular complexity index is 68.2. The molecule has 0 spiro atoms. The van der Waals surface area contributed by atoms with E-state index in [-0.39, 0.29) is 0 Å². The molecule has 1 rings (SSSR count). The summed E-state index contributed by atoms with van der Waals surface area (Å²) in [7, 11) is 2.01. The highest BCUT2D eigenvalue weighted by Crippen LogP contribution is 2.07. The summed E-state index contributed by atoms with van der Waals surface area (Å²) in [5.41, 5.74) is 0. The first-order valence-electron chi connectivity index (χ1n) is 2.76. The minimum atomic E-state index is 0.736.